The summed E-state index contributed by atoms with van der Waals surface area (Å²) in [6.45, 7) is 11.9. The van der Waals surface area contributed by atoms with Crippen molar-refractivity contribution in [3.8, 4) is 0 Å². The molecule has 2 aliphatic carbocycles. The van der Waals surface area contributed by atoms with E-state index < -0.39 is 47.7 Å². The Hall–Kier alpha value is -2.41. The molecule has 0 amide bonds. The fourth-order valence-corrected chi connectivity index (χ4v) is 4.86. The summed E-state index contributed by atoms with van der Waals surface area (Å²) < 4.78 is 16.9. The quantitative estimate of drug-likeness (QED) is 0.333. The fourth-order valence-electron chi connectivity index (χ4n) is 4.86. The number of aliphatic hydroxyl groups is 1. The van der Waals surface area contributed by atoms with E-state index in [4.69, 9.17) is 14.2 Å². The Bertz CT molecular complexity index is 819. The fraction of sp³-hybridized carbons (Fsp3) is 0.591. The molecule has 2 fully saturated rings. The van der Waals surface area contributed by atoms with Crippen LogP contribution in [0.25, 0.3) is 0 Å². The lowest BCUT2D eigenvalue weighted by atomic mass is 9.75. The molecular weight excluding hydrogens is 376 g/mol. The highest BCUT2D eigenvalue weighted by atomic mass is 16.6. The maximum absolute atomic E-state index is 12.6. The van der Waals surface area contributed by atoms with Crippen molar-refractivity contribution >= 4 is 17.9 Å². The largest absolute Gasteiger partial charge is 0.458 e. The number of fused-ring (bicyclic) bond motifs is 3. The summed E-state index contributed by atoms with van der Waals surface area (Å²) in [6, 6.07) is 0. The van der Waals surface area contributed by atoms with E-state index in [0.717, 1.165) is 5.57 Å². The van der Waals surface area contributed by atoms with Crippen molar-refractivity contribution in [2.75, 3.05) is 0 Å². The normalized spacial score (nSPS) is 39.1. The van der Waals surface area contributed by atoms with Gasteiger partial charge in [0, 0.05) is 29.9 Å². The third kappa shape index (κ3) is 3.41. The van der Waals surface area contributed by atoms with Gasteiger partial charge < -0.3 is 19.3 Å². The van der Waals surface area contributed by atoms with Crippen LogP contribution in [0.15, 0.2) is 35.5 Å². The summed E-state index contributed by atoms with van der Waals surface area (Å²) in [5, 5.41) is 11.6. The highest BCUT2D eigenvalue weighted by molar-refractivity contribution is 5.92. The molecule has 7 atom stereocenters. The maximum atomic E-state index is 12.6. The molecule has 158 valence electrons. The van der Waals surface area contributed by atoms with Crippen LogP contribution in [0.4, 0.5) is 0 Å². The van der Waals surface area contributed by atoms with Gasteiger partial charge in [-0.25, -0.2) is 9.59 Å². The summed E-state index contributed by atoms with van der Waals surface area (Å²) in [4.78, 5) is 36.9. The highest BCUT2D eigenvalue weighted by Crippen LogP contribution is 2.53. The van der Waals surface area contributed by atoms with Crippen LogP contribution in [0.3, 0.4) is 0 Å². The van der Waals surface area contributed by atoms with Gasteiger partial charge in [0.05, 0.1) is 5.92 Å². The van der Waals surface area contributed by atoms with E-state index >= 15 is 0 Å². The number of esters is 3. The first-order chi connectivity index (χ1) is 13.5. The van der Waals surface area contributed by atoms with E-state index in [1.165, 1.54) is 6.92 Å². The summed E-state index contributed by atoms with van der Waals surface area (Å²) in [5.74, 6) is -3.19. The minimum atomic E-state index is -1.52. The molecule has 3 aliphatic rings. The van der Waals surface area contributed by atoms with Gasteiger partial charge in [0.2, 0.25) is 0 Å². The van der Waals surface area contributed by atoms with Gasteiger partial charge in [-0.2, -0.15) is 0 Å². The number of allylic oxidation sites excluding steroid dienone is 2. The lowest BCUT2D eigenvalue weighted by Gasteiger charge is -2.40. The van der Waals surface area contributed by atoms with Crippen LogP contribution in [0.1, 0.15) is 41.0 Å². The summed E-state index contributed by atoms with van der Waals surface area (Å²) in [6.07, 6.45) is 1.18. The van der Waals surface area contributed by atoms with Crippen molar-refractivity contribution in [1.29, 1.82) is 0 Å². The first-order valence-electron chi connectivity index (χ1n) is 9.80. The number of hydrogen-bond acceptors (Lipinski definition) is 7. The maximum Gasteiger partial charge on any atom is 0.334 e. The third-order valence-corrected chi connectivity index (χ3v) is 6.54. The Balaban J connectivity index is 2.15. The average molecular weight is 404 g/mol. The van der Waals surface area contributed by atoms with Gasteiger partial charge in [-0.15, -0.1) is 0 Å². The van der Waals surface area contributed by atoms with Crippen LogP contribution in [-0.2, 0) is 28.6 Å². The second-order valence-electron chi connectivity index (χ2n) is 8.33. The Kier molecular flexibility index (Phi) is 5.47. The molecule has 0 aromatic rings. The Morgan fingerprint density at radius 2 is 1.97 bits per heavy atom. The lowest BCUT2D eigenvalue weighted by Crippen LogP contribution is -2.55. The third-order valence-electron chi connectivity index (χ3n) is 6.54. The van der Waals surface area contributed by atoms with E-state index in [1.54, 1.807) is 26.8 Å². The van der Waals surface area contributed by atoms with E-state index in [-0.39, 0.29) is 17.4 Å². The van der Waals surface area contributed by atoms with Gasteiger partial charge in [0.1, 0.15) is 11.7 Å². The molecule has 1 heterocycles. The molecule has 0 aromatic heterocycles. The molecule has 0 bridgehead atoms. The number of rotatable bonds is 3. The Morgan fingerprint density at radius 3 is 2.55 bits per heavy atom. The highest BCUT2D eigenvalue weighted by Gasteiger charge is 2.64. The number of carbonyl (C=O) groups is 3. The lowest BCUT2D eigenvalue weighted by molar-refractivity contribution is -0.196. The van der Waals surface area contributed by atoms with Crippen molar-refractivity contribution in [3.05, 3.63) is 35.5 Å². The predicted molar refractivity (Wildman–Crippen MR) is 103 cm³/mol. The molecule has 1 aliphatic heterocycles. The van der Waals surface area contributed by atoms with Gasteiger partial charge in [0.25, 0.3) is 0 Å². The summed E-state index contributed by atoms with van der Waals surface area (Å²) >= 11 is 0. The number of hydrogen-bond donors (Lipinski definition) is 1. The molecular formula is C22H28O7. The van der Waals surface area contributed by atoms with Crippen LogP contribution >= 0.6 is 0 Å². The average Bonchev–Trinajstić information content (AvgIpc) is 3.15. The molecule has 1 N–H and O–H groups in total. The van der Waals surface area contributed by atoms with Crippen molar-refractivity contribution < 1.29 is 33.7 Å². The minimum Gasteiger partial charge on any atom is -0.458 e. The summed E-state index contributed by atoms with van der Waals surface area (Å²) in [7, 11) is 0. The topological polar surface area (TPSA) is 99.1 Å². The van der Waals surface area contributed by atoms with Gasteiger partial charge >= 0.3 is 17.9 Å². The van der Waals surface area contributed by atoms with Crippen LogP contribution in [0.2, 0.25) is 0 Å². The second kappa shape index (κ2) is 7.44. The van der Waals surface area contributed by atoms with Gasteiger partial charge in [-0.3, -0.25) is 4.79 Å². The van der Waals surface area contributed by atoms with E-state index in [1.807, 2.05) is 13.0 Å². The summed E-state index contributed by atoms with van der Waals surface area (Å²) in [5.41, 5.74) is -0.0273. The van der Waals surface area contributed by atoms with Crippen molar-refractivity contribution in [2.24, 2.45) is 17.8 Å². The monoisotopic (exact) mass is 404 g/mol. The van der Waals surface area contributed by atoms with E-state index in [0.29, 0.717) is 12.0 Å². The Labute approximate surface area is 170 Å². The predicted octanol–water partition coefficient (Wildman–Crippen LogP) is 2.24. The van der Waals surface area contributed by atoms with Crippen molar-refractivity contribution in [2.45, 2.75) is 65.0 Å². The van der Waals surface area contributed by atoms with Crippen LogP contribution in [0, 0.1) is 17.8 Å². The van der Waals surface area contributed by atoms with Crippen LogP contribution < -0.4 is 0 Å². The molecule has 0 unspecified atom stereocenters. The molecule has 7 heteroatoms. The van der Waals surface area contributed by atoms with Gasteiger partial charge in [-0.1, -0.05) is 24.3 Å². The molecule has 29 heavy (non-hydrogen) atoms. The molecule has 1 saturated carbocycles. The number of carbonyl (C=O) groups excluding carboxylic acids is 3. The zero-order chi connectivity index (χ0) is 21.7. The zero-order valence-corrected chi connectivity index (χ0v) is 17.4. The van der Waals surface area contributed by atoms with Crippen molar-refractivity contribution in [3.63, 3.8) is 0 Å². The molecule has 0 aromatic carbocycles. The standard InChI is InChI=1S/C22H28O7/c1-7-10(2)20(24)29-18-16-12(4)21(25)28-17(16)15-11(3)8-9-14(15)22(6,26)19(18)27-13(5)23/h7-8,14-19,26H,4,9H2,1-3,5-6H3/b10-7+/t14-,15+,16-,17-,18-,19-,22+/m1/s1. The van der Waals surface area contributed by atoms with Crippen LogP contribution in [-0.4, -0.2) is 46.9 Å². The zero-order valence-electron chi connectivity index (χ0n) is 17.4. The van der Waals surface area contributed by atoms with Gasteiger partial charge in [-0.05, 0) is 34.1 Å². The van der Waals surface area contributed by atoms with E-state index in [9.17, 15) is 19.5 Å². The molecule has 3 rings (SSSR count). The van der Waals surface area contributed by atoms with E-state index in [2.05, 4.69) is 6.58 Å². The molecule has 7 nitrogen and oxygen atoms in total. The van der Waals surface area contributed by atoms with Crippen molar-refractivity contribution in [1.82, 2.24) is 0 Å². The molecule has 0 spiro atoms. The SMILES string of the molecule is C=C1C(=O)O[C@H]2[C@@H]1[C@@H](OC(=O)/C(C)=C/C)[C@@H](OC(C)=O)[C@@](C)(O)[C@@H]1CC=C(C)[C@H]21. The first kappa shape index (κ1) is 21.3. The Morgan fingerprint density at radius 1 is 1.31 bits per heavy atom. The van der Waals surface area contributed by atoms with Crippen LogP contribution in [0.5, 0.6) is 0 Å². The van der Waals surface area contributed by atoms with Gasteiger partial charge in [0.15, 0.2) is 12.2 Å². The smallest absolute Gasteiger partial charge is 0.334 e. The minimum absolute atomic E-state index is 0.152. The second-order valence-corrected chi connectivity index (χ2v) is 8.33. The molecule has 1 saturated heterocycles. The molecule has 0 radical (unpaired) electrons. The number of ether oxygens (including phenoxy) is 3. The first-order valence-corrected chi connectivity index (χ1v) is 9.80.